The van der Waals surface area contributed by atoms with E-state index in [9.17, 15) is 0 Å². The molecule has 0 aliphatic heterocycles. The molecule has 0 saturated heterocycles. The van der Waals surface area contributed by atoms with Crippen LogP contribution in [0.4, 0.5) is 0 Å². The quantitative estimate of drug-likeness (QED) is 0.621. The van der Waals surface area contributed by atoms with Crippen molar-refractivity contribution in [2.75, 3.05) is 0 Å². The van der Waals surface area contributed by atoms with Crippen molar-refractivity contribution >= 4 is 11.3 Å². The molecular formula is C13H19N3OS. The number of thiazole rings is 1. The van der Waals surface area contributed by atoms with Gasteiger partial charge in [0.25, 0.3) is 0 Å². The highest BCUT2D eigenvalue weighted by atomic mass is 32.1. The van der Waals surface area contributed by atoms with E-state index in [-0.39, 0.29) is 6.04 Å². The molecule has 1 unspecified atom stereocenters. The zero-order valence-corrected chi connectivity index (χ0v) is 11.6. The van der Waals surface area contributed by atoms with Crippen LogP contribution in [-0.4, -0.2) is 11.0 Å². The van der Waals surface area contributed by atoms with E-state index in [1.807, 2.05) is 19.1 Å². The summed E-state index contributed by atoms with van der Waals surface area (Å²) < 4.78 is 5.32. The van der Waals surface area contributed by atoms with Gasteiger partial charge in [0.2, 0.25) is 0 Å². The molecule has 0 saturated carbocycles. The SMILES string of the molecule is Cc1nc(CC(CCc2ccco2)NN)sc1C. The molecule has 2 rings (SSSR count). The van der Waals surface area contributed by atoms with Crippen LogP contribution < -0.4 is 11.3 Å². The lowest BCUT2D eigenvalue weighted by Gasteiger charge is -2.13. The van der Waals surface area contributed by atoms with Crippen molar-refractivity contribution in [3.05, 3.63) is 39.7 Å². The molecule has 0 fully saturated rings. The van der Waals surface area contributed by atoms with E-state index >= 15 is 0 Å². The molecule has 0 amide bonds. The maximum absolute atomic E-state index is 5.60. The Balaban J connectivity index is 1.89. The summed E-state index contributed by atoms with van der Waals surface area (Å²) in [6, 6.07) is 4.14. The summed E-state index contributed by atoms with van der Waals surface area (Å²) in [4.78, 5) is 5.83. The Hall–Kier alpha value is -1.17. The second-order valence-corrected chi connectivity index (χ2v) is 5.72. The third-order valence-electron chi connectivity index (χ3n) is 3.05. The Morgan fingerprint density at radius 3 is 2.89 bits per heavy atom. The van der Waals surface area contributed by atoms with Crippen LogP contribution in [0.3, 0.4) is 0 Å². The van der Waals surface area contributed by atoms with E-state index in [0.29, 0.717) is 0 Å². The monoisotopic (exact) mass is 265 g/mol. The molecule has 1 atom stereocenters. The smallest absolute Gasteiger partial charge is 0.103 e. The number of furan rings is 1. The van der Waals surface area contributed by atoms with Gasteiger partial charge in [0.1, 0.15) is 5.76 Å². The van der Waals surface area contributed by atoms with E-state index in [1.165, 1.54) is 4.88 Å². The van der Waals surface area contributed by atoms with Gasteiger partial charge in [-0.1, -0.05) is 0 Å². The van der Waals surface area contributed by atoms with Gasteiger partial charge in [0.05, 0.1) is 17.0 Å². The summed E-state index contributed by atoms with van der Waals surface area (Å²) in [5.74, 6) is 6.60. The Bertz CT molecular complexity index is 459. The molecule has 0 spiro atoms. The lowest BCUT2D eigenvalue weighted by Crippen LogP contribution is -2.37. The highest BCUT2D eigenvalue weighted by molar-refractivity contribution is 7.11. The van der Waals surface area contributed by atoms with Crippen molar-refractivity contribution in [1.29, 1.82) is 0 Å². The lowest BCUT2D eigenvalue weighted by molar-refractivity contribution is 0.447. The molecule has 3 N–H and O–H groups in total. The molecule has 98 valence electrons. The molecule has 4 nitrogen and oxygen atoms in total. The van der Waals surface area contributed by atoms with Gasteiger partial charge < -0.3 is 4.42 Å². The molecular weight excluding hydrogens is 246 g/mol. The first-order valence-corrected chi connectivity index (χ1v) is 6.92. The third kappa shape index (κ3) is 3.41. The van der Waals surface area contributed by atoms with E-state index < -0.39 is 0 Å². The molecule has 0 aromatic carbocycles. The minimum Gasteiger partial charge on any atom is -0.469 e. The number of aryl methyl sites for hydroxylation is 3. The Labute approximate surface area is 111 Å². The topological polar surface area (TPSA) is 64.1 Å². The van der Waals surface area contributed by atoms with E-state index in [1.54, 1.807) is 17.6 Å². The fourth-order valence-corrected chi connectivity index (χ4v) is 2.87. The fourth-order valence-electron chi connectivity index (χ4n) is 1.85. The molecule has 2 heterocycles. The molecule has 18 heavy (non-hydrogen) atoms. The van der Waals surface area contributed by atoms with Gasteiger partial charge in [0, 0.05) is 23.8 Å². The molecule has 2 aromatic heterocycles. The summed E-state index contributed by atoms with van der Waals surface area (Å²) in [5.41, 5.74) is 3.99. The number of nitrogens with zero attached hydrogens (tertiary/aromatic N) is 1. The van der Waals surface area contributed by atoms with E-state index in [0.717, 1.165) is 35.7 Å². The van der Waals surface area contributed by atoms with Crippen LogP contribution in [0.5, 0.6) is 0 Å². The molecule has 0 radical (unpaired) electrons. The van der Waals surface area contributed by atoms with Crippen LogP contribution in [0.2, 0.25) is 0 Å². The zero-order chi connectivity index (χ0) is 13.0. The second-order valence-electron chi connectivity index (χ2n) is 4.43. The molecule has 0 aliphatic rings. The van der Waals surface area contributed by atoms with Gasteiger partial charge in [-0.3, -0.25) is 11.3 Å². The second kappa shape index (κ2) is 6.13. The van der Waals surface area contributed by atoms with Crippen LogP contribution >= 0.6 is 11.3 Å². The summed E-state index contributed by atoms with van der Waals surface area (Å²) in [6.07, 6.45) is 4.41. The Kier molecular flexibility index (Phi) is 4.52. The first-order chi connectivity index (χ1) is 8.69. The van der Waals surface area contributed by atoms with Crippen molar-refractivity contribution in [3.63, 3.8) is 0 Å². The minimum absolute atomic E-state index is 0.236. The highest BCUT2D eigenvalue weighted by Gasteiger charge is 2.12. The first-order valence-electron chi connectivity index (χ1n) is 6.10. The third-order valence-corrected chi connectivity index (χ3v) is 4.14. The van der Waals surface area contributed by atoms with Gasteiger partial charge in [-0.15, -0.1) is 11.3 Å². The van der Waals surface area contributed by atoms with Crippen LogP contribution in [0, 0.1) is 13.8 Å². The number of nitrogens with one attached hydrogen (secondary N) is 1. The maximum Gasteiger partial charge on any atom is 0.103 e. The molecule has 2 aromatic rings. The number of hydrazine groups is 1. The van der Waals surface area contributed by atoms with Gasteiger partial charge in [-0.2, -0.15) is 0 Å². The average molecular weight is 265 g/mol. The average Bonchev–Trinajstić information content (AvgIpc) is 2.96. The van der Waals surface area contributed by atoms with Gasteiger partial charge in [-0.05, 0) is 32.4 Å². The molecule has 5 heteroatoms. The van der Waals surface area contributed by atoms with Crippen LogP contribution in [0.1, 0.15) is 27.8 Å². The van der Waals surface area contributed by atoms with Crippen molar-refractivity contribution in [2.45, 2.75) is 39.2 Å². The minimum atomic E-state index is 0.236. The lowest BCUT2D eigenvalue weighted by atomic mass is 10.1. The van der Waals surface area contributed by atoms with Crippen molar-refractivity contribution in [2.24, 2.45) is 5.84 Å². The largest absolute Gasteiger partial charge is 0.469 e. The van der Waals surface area contributed by atoms with Gasteiger partial charge >= 0.3 is 0 Å². The Morgan fingerprint density at radius 1 is 1.50 bits per heavy atom. The highest BCUT2D eigenvalue weighted by Crippen LogP contribution is 2.19. The van der Waals surface area contributed by atoms with Gasteiger partial charge in [0.15, 0.2) is 0 Å². The predicted molar refractivity (Wildman–Crippen MR) is 73.4 cm³/mol. The molecule has 0 aliphatic carbocycles. The van der Waals surface area contributed by atoms with Crippen molar-refractivity contribution in [1.82, 2.24) is 10.4 Å². The van der Waals surface area contributed by atoms with Gasteiger partial charge in [-0.25, -0.2) is 4.98 Å². The first kappa shape index (κ1) is 13.3. The standard InChI is InChI=1S/C13H19N3OS/c1-9-10(2)18-13(15-9)8-11(16-14)5-6-12-4-3-7-17-12/h3-4,7,11,16H,5-6,8,14H2,1-2H3. The number of nitrogens with two attached hydrogens (primary N) is 1. The van der Waals surface area contributed by atoms with Crippen molar-refractivity contribution in [3.8, 4) is 0 Å². The molecule has 0 bridgehead atoms. The van der Waals surface area contributed by atoms with Crippen LogP contribution in [0.25, 0.3) is 0 Å². The predicted octanol–water partition coefficient (Wildman–Crippen LogP) is 2.36. The van der Waals surface area contributed by atoms with E-state index in [2.05, 4.69) is 17.3 Å². The summed E-state index contributed by atoms with van der Waals surface area (Å²) >= 11 is 1.75. The summed E-state index contributed by atoms with van der Waals surface area (Å²) in [7, 11) is 0. The number of rotatable bonds is 6. The van der Waals surface area contributed by atoms with Crippen LogP contribution in [-0.2, 0) is 12.8 Å². The fraction of sp³-hybridized carbons (Fsp3) is 0.462. The van der Waals surface area contributed by atoms with Crippen molar-refractivity contribution < 1.29 is 4.42 Å². The Morgan fingerprint density at radius 2 is 2.33 bits per heavy atom. The normalized spacial score (nSPS) is 12.8. The number of hydrogen-bond donors (Lipinski definition) is 2. The van der Waals surface area contributed by atoms with Crippen LogP contribution in [0.15, 0.2) is 22.8 Å². The number of aromatic nitrogens is 1. The van der Waals surface area contributed by atoms with E-state index in [4.69, 9.17) is 10.3 Å². The maximum atomic E-state index is 5.60. The zero-order valence-electron chi connectivity index (χ0n) is 10.8. The summed E-state index contributed by atoms with van der Waals surface area (Å²) in [6.45, 7) is 4.15. The summed E-state index contributed by atoms with van der Waals surface area (Å²) in [5, 5.41) is 1.15. The number of hydrogen-bond acceptors (Lipinski definition) is 5.